The van der Waals surface area contributed by atoms with Crippen LogP contribution in [0.5, 0.6) is 0 Å². The number of hydrogen-bond acceptors (Lipinski definition) is 3. The van der Waals surface area contributed by atoms with Crippen molar-refractivity contribution in [1.82, 2.24) is 4.90 Å². The molecule has 0 saturated carbocycles. The predicted molar refractivity (Wildman–Crippen MR) is 88.6 cm³/mol. The molecule has 0 spiro atoms. The SMILES string of the molecule is NC(=O)C(c1ccccc1)N1CCN(c2ccccc2)CC1. The summed E-state index contributed by atoms with van der Waals surface area (Å²) in [5, 5.41) is 0. The first-order chi connectivity index (χ1) is 10.8. The molecule has 0 bridgehead atoms. The summed E-state index contributed by atoms with van der Waals surface area (Å²) in [5.74, 6) is -0.278. The topological polar surface area (TPSA) is 49.6 Å². The van der Waals surface area contributed by atoms with Gasteiger partial charge in [0, 0.05) is 31.9 Å². The van der Waals surface area contributed by atoms with Gasteiger partial charge in [-0.2, -0.15) is 0 Å². The largest absolute Gasteiger partial charge is 0.369 e. The summed E-state index contributed by atoms with van der Waals surface area (Å²) in [4.78, 5) is 16.4. The fraction of sp³-hybridized carbons (Fsp3) is 0.278. The average molecular weight is 295 g/mol. The number of hydrogen-bond donors (Lipinski definition) is 1. The first-order valence-corrected chi connectivity index (χ1v) is 7.64. The molecule has 22 heavy (non-hydrogen) atoms. The molecule has 4 nitrogen and oxygen atoms in total. The Labute approximate surface area is 131 Å². The maximum Gasteiger partial charge on any atom is 0.239 e. The van der Waals surface area contributed by atoms with Crippen LogP contribution in [0.15, 0.2) is 60.7 Å². The van der Waals surface area contributed by atoms with Gasteiger partial charge in [0.15, 0.2) is 0 Å². The van der Waals surface area contributed by atoms with Crippen molar-refractivity contribution in [2.45, 2.75) is 6.04 Å². The number of nitrogens with zero attached hydrogens (tertiary/aromatic N) is 2. The van der Waals surface area contributed by atoms with E-state index in [1.807, 2.05) is 36.4 Å². The van der Waals surface area contributed by atoms with Crippen molar-refractivity contribution in [2.24, 2.45) is 5.73 Å². The Bertz CT molecular complexity index is 607. The van der Waals surface area contributed by atoms with E-state index in [0.29, 0.717) is 0 Å². The van der Waals surface area contributed by atoms with Gasteiger partial charge in [0.25, 0.3) is 0 Å². The molecule has 2 aromatic rings. The zero-order valence-electron chi connectivity index (χ0n) is 12.6. The lowest BCUT2D eigenvalue weighted by Crippen LogP contribution is -2.50. The Kier molecular flexibility index (Phi) is 4.39. The van der Waals surface area contributed by atoms with E-state index in [-0.39, 0.29) is 11.9 Å². The zero-order chi connectivity index (χ0) is 15.4. The summed E-state index contributed by atoms with van der Waals surface area (Å²) in [6.07, 6.45) is 0. The molecule has 1 atom stereocenters. The van der Waals surface area contributed by atoms with Crippen molar-refractivity contribution >= 4 is 11.6 Å². The van der Waals surface area contributed by atoms with Crippen LogP contribution >= 0.6 is 0 Å². The van der Waals surface area contributed by atoms with Crippen molar-refractivity contribution < 1.29 is 4.79 Å². The van der Waals surface area contributed by atoms with Crippen LogP contribution < -0.4 is 10.6 Å². The van der Waals surface area contributed by atoms with Gasteiger partial charge in [0.05, 0.1) is 0 Å². The van der Waals surface area contributed by atoms with E-state index in [2.05, 4.69) is 34.1 Å². The third kappa shape index (κ3) is 3.12. The van der Waals surface area contributed by atoms with Crippen molar-refractivity contribution in [3.8, 4) is 0 Å². The second-order valence-electron chi connectivity index (χ2n) is 5.57. The highest BCUT2D eigenvalue weighted by Gasteiger charge is 2.28. The summed E-state index contributed by atoms with van der Waals surface area (Å²) >= 11 is 0. The summed E-state index contributed by atoms with van der Waals surface area (Å²) in [7, 11) is 0. The number of carbonyl (C=O) groups excluding carboxylic acids is 1. The molecule has 2 aromatic carbocycles. The number of primary amides is 1. The molecule has 4 heteroatoms. The number of amides is 1. The molecule has 0 radical (unpaired) electrons. The van der Waals surface area contributed by atoms with Gasteiger partial charge in [0.1, 0.15) is 6.04 Å². The van der Waals surface area contributed by atoms with Gasteiger partial charge in [-0.1, -0.05) is 48.5 Å². The molecule has 1 aliphatic heterocycles. The number of rotatable bonds is 4. The Morgan fingerprint density at radius 1 is 0.864 bits per heavy atom. The van der Waals surface area contributed by atoms with E-state index in [0.717, 1.165) is 31.7 Å². The van der Waals surface area contributed by atoms with Crippen LogP contribution in [0.2, 0.25) is 0 Å². The monoisotopic (exact) mass is 295 g/mol. The zero-order valence-corrected chi connectivity index (χ0v) is 12.6. The van der Waals surface area contributed by atoms with Crippen LogP contribution in [0.4, 0.5) is 5.69 Å². The molecule has 1 saturated heterocycles. The van der Waals surface area contributed by atoms with Crippen molar-refractivity contribution in [3.05, 3.63) is 66.2 Å². The summed E-state index contributed by atoms with van der Waals surface area (Å²) in [6.45, 7) is 3.47. The van der Waals surface area contributed by atoms with Crippen LogP contribution in [0, 0.1) is 0 Å². The van der Waals surface area contributed by atoms with Gasteiger partial charge in [-0.15, -0.1) is 0 Å². The Balaban J connectivity index is 1.70. The second-order valence-corrected chi connectivity index (χ2v) is 5.57. The number of anilines is 1. The minimum atomic E-state index is -0.334. The first-order valence-electron chi connectivity index (χ1n) is 7.64. The summed E-state index contributed by atoms with van der Waals surface area (Å²) < 4.78 is 0. The average Bonchev–Trinajstić information content (AvgIpc) is 2.57. The van der Waals surface area contributed by atoms with Crippen LogP contribution in [0.1, 0.15) is 11.6 Å². The third-order valence-electron chi connectivity index (χ3n) is 4.19. The van der Waals surface area contributed by atoms with Crippen LogP contribution in [0.3, 0.4) is 0 Å². The number of para-hydroxylation sites is 1. The quantitative estimate of drug-likeness (QED) is 0.939. The van der Waals surface area contributed by atoms with E-state index in [9.17, 15) is 4.79 Å². The van der Waals surface area contributed by atoms with E-state index in [4.69, 9.17) is 5.73 Å². The van der Waals surface area contributed by atoms with E-state index in [1.54, 1.807) is 0 Å². The second kappa shape index (κ2) is 6.62. The summed E-state index contributed by atoms with van der Waals surface area (Å²) in [6, 6.07) is 19.8. The maximum atomic E-state index is 11.9. The van der Waals surface area contributed by atoms with E-state index in [1.165, 1.54) is 5.69 Å². The fourth-order valence-electron chi connectivity index (χ4n) is 3.07. The minimum Gasteiger partial charge on any atom is -0.369 e. The van der Waals surface area contributed by atoms with Gasteiger partial charge < -0.3 is 10.6 Å². The molecule has 1 amide bonds. The van der Waals surface area contributed by atoms with Gasteiger partial charge >= 0.3 is 0 Å². The van der Waals surface area contributed by atoms with Crippen molar-refractivity contribution in [3.63, 3.8) is 0 Å². The molecule has 1 unspecified atom stereocenters. The smallest absolute Gasteiger partial charge is 0.239 e. The highest BCUT2D eigenvalue weighted by Crippen LogP contribution is 2.23. The summed E-state index contributed by atoms with van der Waals surface area (Å²) in [5.41, 5.74) is 7.86. The third-order valence-corrected chi connectivity index (χ3v) is 4.19. The minimum absolute atomic E-state index is 0.278. The fourth-order valence-corrected chi connectivity index (χ4v) is 3.07. The van der Waals surface area contributed by atoms with Crippen molar-refractivity contribution in [2.75, 3.05) is 31.1 Å². The number of nitrogens with two attached hydrogens (primary N) is 1. The highest BCUT2D eigenvalue weighted by atomic mass is 16.1. The van der Waals surface area contributed by atoms with Crippen LogP contribution in [-0.4, -0.2) is 37.0 Å². The van der Waals surface area contributed by atoms with Gasteiger partial charge in [0.2, 0.25) is 5.91 Å². The normalized spacial score (nSPS) is 17.2. The molecule has 114 valence electrons. The molecule has 1 fully saturated rings. The van der Waals surface area contributed by atoms with E-state index < -0.39 is 0 Å². The van der Waals surface area contributed by atoms with Crippen LogP contribution in [0.25, 0.3) is 0 Å². The Hall–Kier alpha value is -2.33. The van der Waals surface area contributed by atoms with Crippen molar-refractivity contribution in [1.29, 1.82) is 0 Å². The lowest BCUT2D eigenvalue weighted by atomic mass is 10.0. The van der Waals surface area contributed by atoms with Gasteiger partial charge in [-0.25, -0.2) is 0 Å². The van der Waals surface area contributed by atoms with E-state index >= 15 is 0 Å². The molecule has 3 rings (SSSR count). The standard InChI is InChI=1S/C18H21N3O/c19-18(22)17(15-7-3-1-4-8-15)21-13-11-20(12-14-21)16-9-5-2-6-10-16/h1-10,17H,11-14H2,(H2,19,22). The first kappa shape index (κ1) is 14.6. The molecular formula is C18H21N3O. The lowest BCUT2D eigenvalue weighted by Gasteiger charge is -2.39. The lowest BCUT2D eigenvalue weighted by molar-refractivity contribution is -0.123. The predicted octanol–water partition coefficient (Wildman–Crippen LogP) is 2.04. The van der Waals surface area contributed by atoms with Gasteiger partial charge in [-0.05, 0) is 17.7 Å². The molecule has 1 heterocycles. The molecule has 2 N–H and O–H groups in total. The molecule has 1 aliphatic rings. The Morgan fingerprint density at radius 3 is 1.95 bits per heavy atom. The van der Waals surface area contributed by atoms with Gasteiger partial charge in [-0.3, -0.25) is 9.69 Å². The number of benzene rings is 2. The molecule has 0 aromatic heterocycles. The Morgan fingerprint density at radius 2 is 1.41 bits per heavy atom. The molecular weight excluding hydrogens is 274 g/mol. The van der Waals surface area contributed by atoms with Crippen LogP contribution in [-0.2, 0) is 4.79 Å². The number of carbonyl (C=O) groups is 1. The highest BCUT2D eigenvalue weighted by molar-refractivity contribution is 5.81. The number of piperazine rings is 1. The molecule has 0 aliphatic carbocycles. The maximum absolute atomic E-state index is 11.9.